The molecule has 0 saturated heterocycles. The van der Waals surface area contributed by atoms with Gasteiger partial charge in [0.2, 0.25) is 11.8 Å². The van der Waals surface area contributed by atoms with Crippen molar-refractivity contribution >= 4 is 11.6 Å². The summed E-state index contributed by atoms with van der Waals surface area (Å²) >= 11 is 0. The number of carbonyl (C=O) groups excluding carboxylic acids is 1. The molecule has 1 aromatic heterocycles. The van der Waals surface area contributed by atoms with Gasteiger partial charge in [-0.1, -0.05) is 48.5 Å². The molecule has 3 heterocycles. The van der Waals surface area contributed by atoms with Gasteiger partial charge in [-0.25, -0.2) is 0 Å². The molecule has 3 aromatic rings. The molecule has 2 N–H and O–H groups in total. The van der Waals surface area contributed by atoms with Gasteiger partial charge in [-0.05, 0) is 18.6 Å². The van der Waals surface area contributed by atoms with Gasteiger partial charge in [-0.2, -0.15) is 5.26 Å². The summed E-state index contributed by atoms with van der Waals surface area (Å²) in [5, 5.41) is 10.1. The number of anilines is 1. The van der Waals surface area contributed by atoms with Crippen molar-refractivity contribution in [3.63, 3.8) is 0 Å². The molecular formula is C25H20N4O3. The first-order valence-corrected chi connectivity index (χ1v) is 10.2. The zero-order valence-corrected chi connectivity index (χ0v) is 17.6. The predicted octanol–water partition coefficient (Wildman–Crippen LogP) is 2.61. The smallest absolute Gasteiger partial charge is 0.259 e. The monoisotopic (exact) mass is 424 g/mol. The third kappa shape index (κ3) is 2.41. The lowest BCUT2D eigenvalue weighted by Crippen LogP contribution is -2.49. The van der Waals surface area contributed by atoms with Crippen LogP contribution < -0.4 is 20.9 Å². The van der Waals surface area contributed by atoms with Crippen LogP contribution in [0.5, 0.6) is 5.75 Å². The van der Waals surface area contributed by atoms with Crippen LogP contribution in [-0.2, 0) is 23.8 Å². The highest BCUT2D eigenvalue weighted by Crippen LogP contribution is 2.54. The molecule has 7 heteroatoms. The van der Waals surface area contributed by atoms with Crippen molar-refractivity contribution in [1.29, 1.82) is 5.26 Å². The van der Waals surface area contributed by atoms with E-state index < -0.39 is 16.9 Å². The van der Waals surface area contributed by atoms with E-state index in [1.165, 1.54) is 4.57 Å². The first-order valence-electron chi connectivity index (χ1n) is 10.2. The first-order chi connectivity index (χ1) is 15.4. The van der Waals surface area contributed by atoms with Crippen LogP contribution in [-0.4, -0.2) is 10.5 Å². The summed E-state index contributed by atoms with van der Waals surface area (Å²) in [4.78, 5) is 29.4. The fourth-order valence-corrected chi connectivity index (χ4v) is 4.70. The third-order valence-corrected chi connectivity index (χ3v) is 6.31. The van der Waals surface area contributed by atoms with Gasteiger partial charge < -0.3 is 19.9 Å². The average Bonchev–Trinajstić information content (AvgIpc) is 3.02. The molecule has 0 aliphatic carbocycles. The molecule has 7 nitrogen and oxygen atoms in total. The number of amides is 1. The lowest BCUT2D eigenvalue weighted by atomic mass is 9.69. The van der Waals surface area contributed by atoms with E-state index in [9.17, 15) is 14.9 Å². The number of benzene rings is 2. The number of rotatable bonds is 2. The number of hydrogen-bond donors (Lipinski definition) is 1. The summed E-state index contributed by atoms with van der Waals surface area (Å²) in [6.45, 7) is 2.06. The fourth-order valence-electron chi connectivity index (χ4n) is 4.70. The quantitative estimate of drug-likeness (QED) is 0.681. The molecule has 1 unspecified atom stereocenters. The van der Waals surface area contributed by atoms with Crippen molar-refractivity contribution in [2.45, 2.75) is 18.9 Å². The van der Waals surface area contributed by atoms with E-state index in [1.807, 2.05) is 42.5 Å². The predicted molar refractivity (Wildman–Crippen MR) is 119 cm³/mol. The SMILES string of the molecule is Cc1cc2c(c(=O)n1C)C1(C(=O)N(Cc3ccccc3)c3ccccc31)C(C#N)=C(N)O2. The zero-order chi connectivity index (χ0) is 22.6. The van der Waals surface area contributed by atoms with E-state index >= 15 is 0 Å². The number of aromatic nitrogens is 1. The Bertz CT molecular complexity index is 1420. The van der Waals surface area contributed by atoms with Gasteiger partial charge in [0.05, 0.1) is 12.1 Å². The number of carbonyl (C=O) groups is 1. The summed E-state index contributed by atoms with van der Waals surface area (Å²) in [6, 6.07) is 20.5. The Morgan fingerprint density at radius 1 is 1.09 bits per heavy atom. The molecule has 2 aliphatic rings. The third-order valence-electron chi connectivity index (χ3n) is 6.31. The van der Waals surface area contributed by atoms with Crippen molar-refractivity contribution < 1.29 is 9.53 Å². The topological polar surface area (TPSA) is 101 Å². The Morgan fingerprint density at radius 3 is 2.50 bits per heavy atom. The second kappa shape index (κ2) is 6.86. The van der Waals surface area contributed by atoms with Crippen LogP contribution in [0.2, 0.25) is 0 Å². The van der Waals surface area contributed by atoms with Gasteiger partial charge in [0, 0.05) is 30.1 Å². The molecule has 5 rings (SSSR count). The molecule has 32 heavy (non-hydrogen) atoms. The summed E-state index contributed by atoms with van der Waals surface area (Å²) in [5.74, 6) is -0.364. The fraction of sp³-hybridized carbons (Fsp3) is 0.160. The van der Waals surface area contributed by atoms with E-state index in [-0.39, 0.29) is 22.8 Å². The number of nitriles is 1. The second-order valence-corrected chi connectivity index (χ2v) is 7.99. The van der Waals surface area contributed by atoms with E-state index in [2.05, 4.69) is 6.07 Å². The molecule has 2 aromatic carbocycles. The largest absolute Gasteiger partial charge is 0.440 e. The van der Waals surface area contributed by atoms with Crippen LogP contribution in [0, 0.1) is 18.3 Å². The van der Waals surface area contributed by atoms with Crippen molar-refractivity contribution in [2.24, 2.45) is 12.8 Å². The zero-order valence-electron chi connectivity index (χ0n) is 17.6. The van der Waals surface area contributed by atoms with Gasteiger partial charge in [0.25, 0.3) is 5.56 Å². The number of nitrogens with two attached hydrogens (primary N) is 1. The number of hydrogen-bond acceptors (Lipinski definition) is 5. The van der Waals surface area contributed by atoms with Crippen molar-refractivity contribution in [1.82, 2.24) is 4.57 Å². The number of aryl methyl sites for hydroxylation is 1. The minimum atomic E-state index is -1.67. The van der Waals surface area contributed by atoms with Crippen LogP contribution in [0.15, 0.2) is 76.9 Å². The van der Waals surface area contributed by atoms with Gasteiger partial charge >= 0.3 is 0 Å². The van der Waals surface area contributed by atoms with Crippen LogP contribution in [0.25, 0.3) is 0 Å². The Morgan fingerprint density at radius 2 is 1.78 bits per heavy atom. The minimum Gasteiger partial charge on any atom is -0.440 e. The van der Waals surface area contributed by atoms with Crippen LogP contribution in [0.3, 0.4) is 0 Å². The molecule has 1 atom stereocenters. The number of nitrogens with zero attached hydrogens (tertiary/aromatic N) is 3. The molecular weight excluding hydrogens is 404 g/mol. The van der Waals surface area contributed by atoms with Gasteiger partial charge in [0.1, 0.15) is 17.4 Å². The summed E-state index contributed by atoms with van der Waals surface area (Å²) in [5.41, 5.74) is 6.91. The normalized spacial score (nSPS) is 18.9. The van der Waals surface area contributed by atoms with Crippen molar-refractivity contribution in [3.8, 4) is 11.8 Å². The molecule has 0 radical (unpaired) electrons. The number of ether oxygens (including phenoxy) is 1. The molecule has 1 amide bonds. The molecule has 2 aliphatic heterocycles. The Balaban J connectivity index is 1.86. The maximum absolute atomic E-state index is 14.3. The highest BCUT2D eigenvalue weighted by molar-refractivity contribution is 6.14. The Kier molecular flexibility index (Phi) is 4.21. The van der Waals surface area contributed by atoms with Crippen LogP contribution >= 0.6 is 0 Å². The maximum atomic E-state index is 14.3. The highest BCUT2D eigenvalue weighted by atomic mass is 16.5. The molecule has 0 saturated carbocycles. The van der Waals surface area contributed by atoms with Crippen LogP contribution in [0.1, 0.15) is 22.4 Å². The average molecular weight is 424 g/mol. The second-order valence-electron chi connectivity index (χ2n) is 7.99. The number of fused-ring (bicyclic) bond motifs is 4. The number of pyridine rings is 1. The molecule has 0 bridgehead atoms. The van der Waals surface area contributed by atoms with Gasteiger partial charge in [-0.3, -0.25) is 9.59 Å². The van der Waals surface area contributed by atoms with Crippen molar-refractivity contribution in [3.05, 3.63) is 105 Å². The Labute approximate surface area is 184 Å². The van der Waals surface area contributed by atoms with E-state index in [0.29, 0.717) is 23.5 Å². The summed E-state index contributed by atoms with van der Waals surface area (Å²) in [6.07, 6.45) is 0. The molecule has 0 fully saturated rings. The highest BCUT2D eigenvalue weighted by Gasteiger charge is 2.60. The van der Waals surface area contributed by atoms with Crippen LogP contribution in [0.4, 0.5) is 5.69 Å². The van der Waals surface area contributed by atoms with E-state index in [0.717, 1.165) is 5.56 Å². The summed E-state index contributed by atoms with van der Waals surface area (Å²) in [7, 11) is 1.63. The first kappa shape index (κ1) is 19.6. The van der Waals surface area contributed by atoms with Gasteiger partial charge in [0.15, 0.2) is 5.41 Å². The summed E-state index contributed by atoms with van der Waals surface area (Å²) < 4.78 is 7.16. The number of para-hydroxylation sites is 1. The molecule has 158 valence electrons. The standard InChI is InChI=1S/C25H20N4O3/c1-15-12-20-21(23(30)28(15)2)25(18(13-26)22(27)32-20)17-10-6-7-11-19(17)29(24(25)31)14-16-8-4-3-5-9-16/h3-12H,14,27H2,1-2H3. The van der Waals surface area contributed by atoms with Gasteiger partial charge in [-0.15, -0.1) is 0 Å². The molecule has 1 spiro atoms. The lowest BCUT2D eigenvalue weighted by Gasteiger charge is -2.34. The maximum Gasteiger partial charge on any atom is 0.259 e. The minimum absolute atomic E-state index is 0.0704. The van der Waals surface area contributed by atoms with E-state index in [1.54, 1.807) is 37.1 Å². The van der Waals surface area contributed by atoms with Crippen molar-refractivity contribution in [2.75, 3.05) is 4.90 Å². The Hall–Kier alpha value is -4.31. The van der Waals surface area contributed by atoms with E-state index in [4.69, 9.17) is 10.5 Å². The lowest BCUT2D eigenvalue weighted by molar-refractivity contribution is -0.121.